The van der Waals surface area contributed by atoms with Gasteiger partial charge in [-0.1, -0.05) is 72.8 Å². The van der Waals surface area contributed by atoms with Crippen LogP contribution in [0.2, 0.25) is 0 Å². The van der Waals surface area contributed by atoms with Gasteiger partial charge < -0.3 is 7.43 Å². The standard InChI is InChI=1S/C29H19N4O4.2C28H16N4O4.CH3/c1-31-15-7-9-19(17-31)29(37)33-23-13-5-3-11-21(23)27(35)25(33)24-26(34)20-10-2-4-12-22(20)32(24)28(36)18-8-6-14-30-16-18;2*33-25-19-9-1-3-11-21(19)31(27(35)17-7-5-13-29-15-17)23(25)24-26(34)20-10-2-4-12-22(20)32(24)28(36)18-8-6-14-30-16-18;/h2-17H,1H3;2*1-16H;1H3/q+1;;;-1/b25-24+;2*24-23+;. The lowest BCUT2D eigenvalue weighted by molar-refractivity contribution is -0.671. The van der Waals surface area contributed by atoms with Gasteiger partial charge in [-0.25, -0.2) is 4.57 Å². The highest BCUT2D eigenvalue weighted by Gasteiger charge is 2.51. The number of pyridine rings is 6. The third kappa shape index (κ3) is 11.7. The summed E-state index contributed by atoms with van der Waals surface area (Å²) in [6, 6.07) is 59.1. The van der Waals surface area contributed by atoms with E-state index in [1.54, 1.807) is 242 Å². The third-order valence-electron chi connectivity index (χ3n) is 18.6. The number of carbonyl (C=O) groups excluding carboxylic acids is 12. The first-order valence-corrected chi connectivity index (χ1v) is 33.7. The quantitative estimate of drug-likeness (QED) is 0.0849. The Morgan fingerprint density at radius 3 is 0.609 bits per heavy atom. The smallest absolute Gasteiger partial charge is 0.269 e. The molecule has 0 fully saturated rings. The van der Waals surface area contributed by atoms with Gasteiger partial charge in [0.15, 0.2) is 12.4 Å². The van der Waals surface area contributed by atoms with Crippen LogP contribution in [0.25, 0.3) is 0 Å². The minimum Gasteiger partial charge on any atom is -0.358 e. The summed E-state index contributed by atoms with van der Waals surface area (Å²) in [7, 11) is 1.78. The number of anilines is 6. The number of benzene rings is 6. The first kappa shape index (κ1) is 70.0. The maximum Gasteiger partial charge on any atom is 0.269 e. The molecule has 24 nitrogen and oxygen atoms in total. The van der Waals surface area contributed by atoms with Crippen molar-refractivity contribution in [3.05, 3.63) is 401 Å². The number of carbonyl (C=O) groups is 12. The molecule has 6 aliphatic heterocycles. The second kappa shape index (κ2) is 28.7. The van der Waals surface area contributed by atoms with E-state index < -0.39 is 70.1 Å². The van der Waals surface area contributed by atoms with Crippen LogP contribution < -0.4 is 34.0 Å². The minimum atomic E-state index is -0.540. The Hall–Kier alpha value is -15.7. The molecule has 6 aromatic heterocycles. The van der Waals surface area contributed by atoms with Crippen LogP contribution in [-0.4, -0.2) is 95.1 Å². The predicted molar refractivity (Wildman–Crippen MR) is 402 cm³/mol. The van der Waals surface area contributed by atoms with E-state index in [0.29, 0.717) is 39.7 Å². The number of hydrogen-bond acceptors (Lipinski definition) is 17. The number of ketones is 6. The summed E-state index contributed by atoms with van der Waals surface area (Å²) in [5.41, 5.74) is 4.04. The Kier molecular flexibility index (Phi) is 18.3. The van der Waals surface area contributed by atoms with E-state index in [2.05, 4.69) is 24.9 Å². The number of aromatic nitrogens is 6. The number of Topliss-reactive ketones (excluding diaryl/α,β-unsaturated/α-hetero) is 6. The van der Waals surface area contributed by atoms with Crippen molar-refractivity contribution in [2.45, 2.75) is 0 Å². The fourth-order valence-electron chi connectivity index (χ4n) is 13.7. The molecule has 12 heterocycles. The van der Waals surface area contributed by atoms with Crippen molar-refractivity contribution < 1.29 is 62.1 Å². The average Bonchev–Trinajstić information content (AvgIpc) is 1.58. The van der Waals surface area contributed by atoms with Crippen LogP contribution in [0.4, 0.5) is 34.1 Å². The lowest BCUT2D eigenvalue weighted by Crippen LogP contribution is -2.38. The van der Waals surface area contributed by atoms with Crippen LogP contribution in [0.5, 0.6) is 0 Å². The molecule has 6 amide bonds. The van der Waals surface area contributed by atoms with Crippen LogP contribution in [0.1, 0.15) is 124 Å². The zero-order valence-electron chi connectivity index (χ0n) is 58.0. The van der Waals surface area contributed by atoms with Crippen molar-refractivity contribution >= 4 is 104 Å². The maximum atomic E-state index is 13.9. The van der Waals surface area contributed by atoms with E-state index in [4.69, 9.17) is 0 Å². The zero-order valence-corrected chi connectivity index (χ0v) is 58.0. The topological polar surface area (TPSA) is 293 Å². The average molecular weight is 1450 g/mol. The fourth-order valence-corrected chi connectivity index (χ4v) is 13.7. The Labute approximate surface area is 625 Å². The van der Waals surface area contributed by atoms with E-state index in [9.17, 15) is 57.5 Å². The molecule has 0 unspecified atom stereocenters. The molecule has 0 atom stereocenters. The number of rotatable bonds is 6. The fraction of sp³-hybridized carbons (Fsp3) is 0.0116. The van der Waals surface area contributed by atoms with Crippen LogP contribution in [0, 0.1) is 7.43 Å². The molecular formula is C86H54N12O12. The number of nitrogens with zero attached hydrogens (tertiary/aromatic N) is 12. The SMILES string of the molecule is C[n+]1cccc(C(=O)N2/C(=C3\C(=O)c4ccccc4N3C(=O)c3cccnc3)C(=O)c3ccccc32)c1.O=C1/C(=C2/C(=O)c3ccccc3N2C(=O)c2cccnc2)N(C(=O)c2cccnc2)c2ccccc21.O=C1/C(=C2/C(=O)c3ccccc3N2C(=O)c2cccnc2)N(C(=O)c2cccnc2)c2ccccc21.[CH3-]. The largest absolute Gasteiger partial charge is 0.358 e. The molecule has 110 heavy (non-hydrogen) atoms. The molecule has 0 saturated carbocycles. The number of fused-ring (bicyclic) bond motifs is 6. The molecule has 0 aliphatic carbocycles. The normalized spacial score (nSPS) is 16.0. The Morgan fingerprint density at radius 1 is 0.245 bits per heavy atom. The van der Waals surface area contributed by atoms with Crippen LogP contribution >= 0.6 is 0 Å². The molecule has 0 N–H and O–H groups in total. The van der Waals surface area contributed by atoms with Crippen LogP contribution in [-0.2, 0) is 7.05 Å². The molecule has 0 radical (unpaired) electrons. The highest BCUT2D eigenvalue weighted by molar-refractivity contribution is 6.39. The summed E-state index contributed by atoms with van der Waals surface area (Å²) >= 11 is 0. The number of para-hydroxylation sites is 6. The van der Waals surface area contributed by atoms with E-state index in [1.165, 1.54) is 91.4 Å². The van der Waals surface area contributed by atoms with E-state index >= 15 is 0 Å². The molecular weight excluding hydrogens is 1390 g/mol. The van der Waals surface area contributed by atoms with Crippen LogP contribution in [0.15, 0.2) is 327 Å². The highest BCUT2D eigenvalue weighted by Crippen LogP contribution is 2.48. The van der Waals surface area contributed by atoms with Gasteiger partial charge >= 0.3 is 0 Å². The van der Waals surface area contributed by atoms with Crippen LogP contribution in [0.3, 0.4) is 0 Å². The van der Waals surface area contributed by atoms with Gasteiger partial charge in [0, 0.05) is 101 Å². The Balaban J connectivity index is 0.000000130. The predicted octanol–water partition coefficient (Wildman–Crippen LogP) is 12.1. The molecule has 24 heteroatoms. The number of aryl methyl sites for hydroxylation is 1. The minimum absolute atomic E-state index is 0. The van der Waals surface area contributed by atoms with Crippen molar-refractivity contribution in [2.24, 2.45) is 7.05 Å². The van der Waals surface area contributed by atoms with Crippen molar-refractivity contribution in [1.29, 1.82) is 0 Å². The molecule has 530 valence electrons. The van der Waals surface area contributed by atoms with Gasteiger partial charge in [-0.2, -0.15) is 0 Å². The molecule has 12 aromatic rings. The molecule has 0 bridgehead atoms. The first-order chi connectivity index (χ1) is 53.1. The van der Waals surface area contributed by atoms with Gasteiger partial charge in [0.25, 0.3) is 35.4 Å². The second-order valence-electron chi connectivity index (χ2n) is 25.0. The first-order valence-electron chi connectivity index (χ1n) is 33.7. The number of allylic oxidation sites excluding steroid dienone is 6. The lowest BCUT2D eigenvalue weighted by atomic mass is 10.1. The molecule has 0 saturated heterocycles. The summed E-state index contributed by atoms with van der Waals surface area (Å²) in [5, 5.41) is 0. The van der Waals surface area contributed by atoms with Gasteiger partial charge in [-0.15, -0.1) is 0 Å². The summed E-state index contributed by atoms with van der Waals surface area (Å²) in [6.07, 6.45) is 18.0. The lowest BCUT2D eigenvalue weighted by Gasteiger charge is -2.24. The van der Waals surface area contributed by atoms with Crippen molar-refractivity contribution in [1.82, 2.24) is 24.9 Å². The molecule has 0 spiro atoms. The molecule has 6 aliphatic rings. The van der Waals surface area contributed by atoms with Gasteiger partial charge in [0.2, 0.25) is 34.7 Å². The summed E-state index contributed by atoms with van der Waals surface area (Å²) in [5.74, 6) is -6.31. The van der Waals surface area contributed by atoms with E-state index in [1.807, 2.05) is 0 Å². The van der Waals surface area contributed by atoms with E-state index in [-0.39, 0.29) is 103 Å². The van der Waals surface area contributed by atoms with E-state index in [0.717, 1.165) is 0 Å². The maximum absolute atomic E-state index is 13.9. The second-order valence-corrected chi connectivity index (χ2v) is 25.0. The Bertz CT molecular complexity index is 5590. The van der Waals surface area contributed by atoms with Gasteiger partial charge in [0.05, 0.1) is 61.9 Å². The zero-order chi connectivity index (χ0) is 75.3. The number of hydrogen-bond donors (Lipinski definition) is 0. The molecule has 18 rings (SSSR count). The Morgan fingerprint density at radius 2 is 0.427 bits per heavy atom. The summed E-state index contributed by atoms with van der Waals surface area (Å²) < 4.78 is 1.72. The van der Waals surface area contributed by atoms with Crippen molar-refractivity contribution in [3.8, 4) is 0 Å². The van der Waals surface area contributed by atoms with Gasteiger partial charge in [0.1, 0.15) is 46.8 Å². The molecule has 6 aromatic carbocycles. The monoisotopic (exact) mass is 1450 g/mol. The summed E-state index contributed by atoms with van der Waals surface area (Å²) in [6.45, 7) is 0. The van der Waals surface area contributed by atoms with Crippen molar-refractivity contribution in [3.63, 3.8) is 0 Å². The van der Waals surface area contributed by atoms with Gasteiger partial charge in [-0.3, -0.25) is 112 Å². The third-order valence-corrected chi connectivity index (χ3v) is 18.6. The number of amides is 6. The van der Waals surface area contributed by atoms with Gasteiger partial charge in [-0.05, 0) is 140 Å². The highest BCUT2D eigenvalue weighted by atomic mass is 16.2. The summed E-state index contributed by atoms with van der Waals surface area (Å²) in [4.78, 5) is 193. The van der Waals surface area contributed by atoms with Crippen molar-refractivity contribution in [2.75, 3.05) is 29.4 Å².